The lowest BCUT2D eigenvalue weighted by Crippen LogP contribution is -2.07. The minimum Gasteiger partial charge on any atom is -0.494 e. The van der Waals surface area contributed by atoms with Gasteiger partial charge in [-0.2, -0.15) is 0 Å². The molecule has 9 nitrogen and oxygen atoms in total. The zero-order valence-electron chi connectivity index (χ0n) is 25.4. The Hall–Kier alpha value is -3.89. The van der Waals surface area contributed by atoms with Gasteiger partial charge in [-0.25, -0.2) is 8.42 Å². The third kappa shape index (κ3) is 11.7. The highest BCUT2D eigenvalue weighted by atomic mass is 32.2. The molecule has 0 aliphatic heterocycles. The quantitative estimate of drug-likeness (QED) is 0.138. The van der Waals surface area contributed by atoms with E-state index in [1.54, 1.807) is 31.4 Å². The van der Waals surface area contributed by atoms with Crippen LogP contribution < -0.4 is 9.47 Å². The van der Waals surface area contributed by atoms with Crippen LogP contribution in [0.2, 0.25) is 0 Å². The summed E-state index contributed by atoms with van der Waals surface area (Å²) < 4.78 is 40.9. The van der Waals surface area contributed by atoms with E-state index in [4.69, 9.17) is 19.3 Å². The summed E-state index contributed by atoms with van der Waals surface area (Å²) in [6.45, 7) is 1.24. The number of methoxy groups -OCH3 is 1. The predicted octanol–water partition coefficient (Wildman–Crippen LogP) is 6.35. The van der Waals surface area contributed by atoms with Gasteiger partial charge in [-0.05, 0) is 96.3 Å². The lowest BCUT2D eigenvalue weighted by atomic mass is 9.97. The second-order valence-corrected chi connectivity index (χ2v) is 12.8. The molecule has 10 heteroatoms. The lowest BCUT2D eigenvalue weighted by Gasteiger charge is -2.15. The molecule has 0 spiro atoms. The van der Waals surface area contributed by atoms with E-state index in [1.807, 2.05) is 36.4 Å². The Morgan fingerprint density at radius 2 is 1.45 bits per heavy atom. The summed E-state index contributed by atoms with van der Waals surface area (Å²) >= 11 is 0. The van der Waals surface area contributed by atoms with E-state index in [-0.39, 0.29) is 24.3 Å². The van der Waals surface area contributed by atoms with E-state index < -0.39 is 21.8 Å². The molecule has 0 heterocycles. The molecule has 0 bridgehead atoms. The van der Waals surface area contributed by atoms with Gasteiger partial charge in [-0.15, -0.1) is 0 Å². The second kappa shape index (κ2) is 17.4. The Morgan fingerprint density at radius 1 is 0.750 bits per heavy atom. The number of carbonyl (C=O) groups is 2. The van der Waals surface area contributed by atoms with Crippen molar-refractivity contribution in [1.82, 2.24) is 0 Å². The number of carboxylic acids is 2. The van der Waals surface area contributed by atoms with Gasteiger partial charge in [0.25, 0.3) is 0 Å². The van der Waals surface area contributed by atoms with Gasteiger partial charge in [0.2, 0.25) is 0 Å². The summed E-state index contributed by atoms with van der Waals surface area (Å²) in [6, 6.07) is 18.4. The van der Waals surface area contributed by atoms with Crippen LogP contribution in [0.3, 0.4) is 0 Å². The van der Waals surface area contributed by atoms with Crippen LogP contribution in [-0.4, -0.2) is 57.1 Å². The summed E-state index contributed by atoms with van der Waals surface area (Å²) in [7, 11) is -1.64. The fourth-order valence-electron chi connectivity index (χ4n) is 4.92. The Labute approximate surface area is 259 Å². The van der Waals surface area contributed by atoms with Crippen LogP contribution >= 0.6 is 0 Å². The van der Waals surface area contributed by atoms with Crippen LogP contribution in [0.5, 0.6) is 11.5 Å². The molecular weight excluding hydrogens is 584 g/mol. The van der Waals surface area contributed by atoms with Gasteiger partial charge >= 0.3 is 11.9 Å². The van der Waals surface area contributed by atoms with Gasteiger partial charge in [0.1, 0.15) is 11.5 Å². The van der Waals surface area contributed by atoms with Crippen molar-refractivity contribution in [3.63, 3.8) is 0 Å². The minimum absolute atomic E-state index is 0.000901. The highest BCUT2D eigenvalue weighted by molar-refractivity contribution is 7.90. The monoisotopic (exact) mass is 626 g/mol. The molecule has 3 aromatic carbocycles. The fourth-order valence-corrected chi connectivity index (χ4v) is 5.55. The predicted molar refractivity (Wildman–Crippen MR) is 168 cm³/mol. The van der Waals surface area contributed by atoms with Crippen molar-refractivity contribution in [2.45, 2.75) is 69.3 Å². The molecule has 0 fully saturated rings. The number of ether oxygens (including phenoxy) is 3. The summed E-state index contributed by atoms with van der Waals surface area (Å²) in [4.78, 5) is 22.3. The summed E-state index contributed by atoms with van der Waals surface area (Å²) in [5, 5.41) is 18.1. The van der Waals surface area contributed by atoms with E-state index in [0.717, 1.165) is 65.7 Å². The van der Waals surface area contributed by atoms with E-state index in [2.05, 4.69) is 0 Å². The van der Waals surface area contributed by atoms with Crippen molar-refractivity contribution in [3.05, 3.63) is 77.4 Å². The molecule has 0 radical (unpaired) electrons. The molecule has 2 N–H and O–H groups in total. The van der Waals surface area contributed by atoms with E-state index >= 15 is 0 Å². The number of hydrogen-bond donors (Lipinski definition) is 2. The molecule has 3 aromatic rings. The molecule has 0 amide bonds. The zero-order chi connectivity index (χ0) is 32.0. The number of hydrogen-bond acceptors (Lipinski definition) is 7. The first-order valence-corrected chi connectivity index (χ1v) is 16.7. The van der Waals surface area contributed by atoms with Crippen molar-refractivity contribution in [3.8, 4) is 22.6 Å². The maximum absolute atomic E-state index is 11.8. The largest absolute Gasteiger partial charge is 0.494 e. The molecule has 3 rings (SSSR count). The average Bonchev–Trinajstić information content (AvgIpc) is 2.97. The summed E-state index contributed by atoms with van der Waals surface area (Å²) in [6.07, 6.45) is 6.49. The van der Waals surface area contributed by atoms with Gasteiger partial charge < -0.3 is 24.4 Å². The number of carboxylic acid groups (broad SMARTS) is 2. The van der Waals surface area contributed by atoms with Crippen molar-refractivity contribution in [2.75, 3.05) is 26.6 Å². The highest BCUT2D eigenvalue weighted by Crippen LogP contribution is 2.29. The van der Waals surface area contributed by atoms with Crippen LogP contribution in [-0.2, 0) is 43.6 Å². The fraction of sp³-hybridized carbons (Fsp3) is 0.412. The average molecular weight is 627 g/mol. The summed E-state index contributed by atoms with van der Waals surface area (Å²) in [5.74, 6) is -0.391. The van der Waals surface area contributed by atoms with Crippen LogP contribution in [0.15, 0.2) is 65.6 Å². The SMILES string of the molecule is COCc1cc(OCCCCCCc2cccc(OCCCC(=O)O)c2CCC(=O)O)cc(-c2ccc(S(C)(=O)=O)cc2)c1. The molecule has 0 atom stereocenters. The topological polar surface area (TPSA) is 136 Å². The number of sulfone groups is 1. The molecule has 238 valence electrons. The molecule has 0 aromatic heterocycles. The molecular formula is C34H42O9S. The van der Waals surface area contributed by atoms with E-state index in [9.17, 15) is 23.1 Å². The maximum atomic E-state index is 11.8. The van der Waals surface area contributed by atoms with Crippen LogP contribution in [0.4, 0.5) is 0 Å². The Morgan fingerprint density at radius 3 is 2.14 bits per heavy atom. The minimum atomic E-state index is -3.27. The van der Waals surface area contributed by atoms with Crippen molar-refractivity contribution in [2.24, 2.45) is 0 Å². The lowest BCUT2D eigenvalue weighted by molar-refractivity contribution is -0.138. The molecule has 0 aliphatic rings. The Kier molecular flexibility index (Phi) is 13.7. The Bertz CT molecular complexity index is 1480. The number of unbranched alkanes of at least 4 members (excludes halogenated alkanes) is 3. The van der Waals surface area contributed by atoms with Gasteiger partial charge in [0, 0.05) is 26.2 Å². The molecule has 0 saturated heterocycles. The maximum Gasteiger partial charge on any atom is 0.303 e. The van der Waals surface area contributed by atoms with Gasteiger partial charge in [0.15, 0.2) is 9.84 Å². The second-order valence-electron chi connectivity index (χ2n) is 10.7. The van der Waals surface area contributed by atoms with Gasteiger partial charge in [-0.3, -0.25) is 9.59 Å². The van der Waals surface area contributed by atoms with Crippen LogP contribution in [0, 0.1) is 0 Å². The normalized spacial score (nSPS) is 11.3. The van der Waals surface area contributed by atoms with Crippen molar-refractivity contribution in [1.29, 1.82) is 0 Å². The first-order chi connectivity index (χ1) is 21.1. The number of rotatable bonds is 20. The molecule has 0 aliphatic carbocycles. The zero-order valence-corrected chi connectivity index (χ0v) is 26.2. The highest BCUT2D eigenvalue weighted by Gasteiger charge is 2.13. The van der Waals surface area contributed by atoms with Gasteiger partial charge in [0.05, 0.1) is 24.7 Å². The molecule has 0 unspecified atom stereocenters. The molecule has 44 heavy (non-hydrogen) atoms. The third-order valence-electron chi connectivity index (χ3n) is 7.11. The van der Waals surface area contributed by atoms with Crippen LogP contribution in [0.25, 0.3) is 11.1 Å². The Balaban J connectivity index is 1.52. The van der Waals surface area contributed by atoms with Crippen molar-refractivity contribution >= 4 is 21.8 Å². The van der Waals surface area contributed by atoms with E-state index in [0.29, 0.717) is 31.8 Å². The summed E-state index contributed by atoms with van der Waals surface area (Å²) in [5.41, 5.74) is 4.70. The number of benzene rings is 3. The number of aryl methyl sites for hydroxylation is 1. The first-order valence-electron chi connectivity index (χ1n) is 14.8. The standard InChI is InChI=1S/C34H42O9S/c1-41-24-25-21-28(26-13-15-30(16-14-26)44(2,39)40)23-29(22-25)42-19-6-4-3-5-9-27-10-7-11-32(31(27)17-18-34(37)38)43-20-8-12-33(35)36/h7,10-11,13-16,21-23H,3-6,8-9,12,17-20,24H2,1-2H3,(H,35,36)(H,37,38). The molecule has 0 saturated carbocycles. The third-order valence-corrected chi connectivity index (χ3v) is 8.24. The van der Waals surface area contributed by atoms with Crippen LogP contribution in [0.1, 0.15) is 61.6 Å². The first kappa shape index (κ1) is 34.6. The van der Waals surface area contributed by atoms with Gasteiger partial charge in [-0.1, -0.05) is 37.1 Å². The smallest absolute Gasteiger partial charge is 0.303 e. The number of aliphatic carboxylic acids is 2. The van der Waals surface area contributed by atoms with E-state index in [1.165, 1.54) is 6.26 Å². The van der Waals surface area contributed by atoms with Crippen molar-refractivity contribution < 1.29 is 42.4 Å².